The number of amides is 1. The van der Waals surface area contributed by atoms with Crippen LogP contribution in [-0.4, -0.2) is 48.6 Å². The molecule has 0 bridgehead atoms. The number of anilines is 1. The summed E-state index contributed by atoms with van der Waals surface area (Å²) in [6, 6.07) is 13.8. The van der Waals surface area contributed by atoms with Gasteiger partial charge in [0, 0.05) is 24.3 Å². The van der Waals surface area contributed by atoms with Gasteiger partial charge in [-0.2, -0.15) is 0 Å². The van der Waals surface area contributed by atoms with E-state index in [1.165, 1.54) is 5.56 Å². The van der Waals surface area contributed by atoms with E-state index in [0.717, 1.165) is 29.9 Å². The van der Waals surface area contributed by atoms with Gasteiger partial charge in [-0.3, -0.25) is 9.69 Å². The molecule has 1 N–H and O–H groups in total. The maximum atomic E-state index is 12.3. The van der Waals surface area contributed by atoms with E-state index in [0.29, 0.717) is 31.2 Å². The Morgan fingerprint density at radius 2 is 1.83 bits per heavy atom. The number of rotatable bonds is 4. The van der Waals surface area contributed by atoms with Crippen LogP contribution in [0.2, 0.25) is 0 Å². The number of nitrogens with zero attached hydrogens (tertiary/aromatic N) is 2. The number of morpholine rings is 1. The van der Waals surface area contributed by atoms with Crippen LogP contribution in [0.25, 0.3) is 22.6 Å². The average Bonchev–Trinajstić information content (AvgIpc) is 3.11. The fourth-order valence-electron chi connectivity index (χ4n) is 3.40. The Morgan fingerprint density at radius 1 is 1.10 bits per heavy atom. The van der Waals surface area contributed by atoms with Crippen molar-refractivity contribution in [1.29, 1.82) is 0 Å². The molecule has 6 nitrogen and oxygen atoms in total. The second-order valence-electron chi connectivity index (χ2n) is 8.47. The second-order valence-corrected chi connectivity index (χ2v) is 8.47. The van der Waals surface area contributed by atoms with E-state index < -0.39 is 0 Å². The fraction of sp³-hybridized carbons (Fsp3) is 0.391. The summed E-state index contributed by atoms with van der Waals surface area (Å²) in [5.74, 6) is 0.546. The maximum absolute atomic E-state index is 12.3. The molecule has 0 saturated carbocycles. The molecule has 152 valence electrons. The molecule has 0 spiro atoms. The Kier molecular flexibility index (Phi) is 5.39. The number of fused-ring (bicyclic) bond motifs is 1. The van der Waals surface area contributed by atoms with Crippen molar-refractivity contribution in [2.75, 3.05) is 38.2 Å². The highest BCUT2D eigenvalue weighted by molar-refractivity contribution is 5.94. The Morgan fingerprint density at radius 3 is 2.52 bits per heavy atom. The number of benzene rings is 2. The van der Waals surface area contributed by atoms with E-state index >= 15 is 0 Å². The van der Waals surface area contributed by atoms with Crippen molar-refractivity contribution in [2.24, 2.45) is 0 Å². The van der Waals surface area contributed by atoms with E-state index in [1.54, 1.807) is 0 Å². The van der Waals surface area contributed by atoms with E-state index in [2.05, 4.69) is 48.1 Å². The van der Waals surface area contributed by atoms with Gasteiger partial charge >= 0.3 is 0 Å². The third kappa shape index (κ3) is 4.66. The van der Waals surface area contributed by atoms with Gasteiger partial charge in [0.25, 0.3) is 0 Å². The number of hydrogen-bond donors (Lipinski definition) is 1. The van der Waals surface area contributed by atoms with Crippen LogP contribution in [0.3, 0.4) is 0 Å². The van der Waals surface area contributed by atoms with Gasteiger partial charge < -0.3 is 14.5 Å². The minimum absolute atomic E-state index is 0.0345. The minimum Gasteiger partial charge on any atom is -0.436 e. The summed E-state index contributed by atoms with van der Waals surface area (Å²) in [5.41, 5.74) is 4.46. The maximum Gasteiger partial charge on any atom is 0.238 e. The van der Waals surface area contributed by atoms with Gasteiger partial charge in [-0.15, -0.1) is 0 Å². The minimum atomic E-state index is -0.0345. The molecule has 1 aliphatic heterocycles. The smallest absolute Gasteiger partial charge is 0.238 e. The number of nitrogens with one attached hydrogen (secondary N) is 1. The van der Waals surface area contributed by atoms with Crippen molar-refractivity contribution in [1.82, 2.24) is 9.88 Å². The Balaban J connectivity index is 1.48. The van der Waals surface area contributed by atoms with Crippen molar-refractivity contribution >= 4 is 22.7 Å². The lowest BCUT2D eigenvalue weighted by Crippen LogP contribution is -2.41. The molecule has 4 rings (SSSR count). The lowest BCUT2D eigenvalue weighted by molar-refractivity contribution is -0.118. The van der Waals surface area contributed by atoms with Crippen LogP contribution in [0.5, 0.6) is 0 Å². The summed E-state index contributed by atoms with van der Waals surface area (Å²) in [7, 11) is 0. The third-order valence-electron chi connectivity index (χ3n) is 5.14. The largest absolute Gasteiger partial charge is 0.436 e. The summed E-state index contributed by atoms with van der Waals surface area (Å²) in [5, 5.41) is 2.95. The first kappa shape index (κ1) is 19.6. The van der Waals surface area contributed by atoms with Gasteiger partial charge in [-0.05, 0) is 41.3 Å². The van der Waals surface area contributed by atoms with Crippen LogP contribution in [0, 0.1) is 0 Å². The summed E-state index contributed by atoms with van der Waals surface area (Å²) in [4.78, 5) is 19.0. The Hall–Kier alpha value is -2.70. The Bertz CT molecular complexity index is 996. The van der Waals surface area contributed by atoms with E-state index in [1.807, 2.05) is 30.3 Å². The lowest BCUT2D eigenvalue weighted by atomic mass is 9.87. The molecular weight excluding hydrogens is 366 g/mol. The first-order valence-electron chi connectivity index (χ1n) is 10.00. The second kappa shape index (κ2) is 7.97. The average molecular weight is 393 g/mol. The molecule has 1 saturated heterocycles. The lowest BCUT2D eigenvalue weighted by Gasteiger charge is -2.25. The molecule has 3 aromatic rings. The molecule has 0 atom stereocenters. The monoisotopic (exact) mass is 393 g/mol. The van der Waals surface area contributed by atoms with E-state index in [-0.39, 0.29) is 11.3 Å². The summed E-state index contributed by atoms with van der Waals surface area (Å²) >= 11 is 0. The number of oxazole rings is 1. The summed E-state index contributed by atoms with van der Waals surface area (Å²) in [6.45, 7) is 9.87. The first-order valence-corrected chi connectivity index (χ1v) is 10.00. The van der Waals surface area contributed by atoms with Gasteiger partial charge in [-0.1, -0.05) is 32.9 Å². The molecule has 2 aromatic carbocycles. The predicted molar refractivity (Wildman–Crippen MR) is 114 cm³/mol. The Labute approximate surface area is 170 Å². The van der Waals surface area contributed by atoms with Gasteiger partial charge in [0.2, 0.25) is 11.8 Å². The number of carbonyl (C=O) groups is 1. The normalized spacial score (nSPS) is 15.6. The third-order valence-corrected chi connectivity index (χ3v) is 5.14. The van der Waals surface area contributed by atoms with Crippen molar-refractivity contribution in [3.63, 3.8) is 0 Å². The van der Waals surface area contributed by atoms with E-state index in [4.69, 9.17) is 9.15 Å². The zero-order valence-electron chi connectivity index (χ0n) is 17.2. The molecule has 1 fully saturated rings. The van der Waals surface area contributed by atoms with Crippen LogP contribution < -0.4 is 5.32 Å². The summed E-state index contributed by atoms with van der Waals surface area (Å²) in [6.07, 6.45) is 0. The number of hydrogen-bond acceptors (Lipinski definition) is 5. The van der Waals surface area contributed by atoms with Crippen LogP contribution in [0.15, 0.2) is 46.9 Å². The number of carbonyl (C=O) groups excluding carboxylic acids is 1. The quantitative estimate of drug-likeness (QED) is 0.724. The molecule has 2 heterocycles. The van der Waals surface area contributed by atoms with Crippen LogP contribution in [0.4, 0.5) is 5.69 Å². The van der Waals surface area contributed by atoms with Crippen molar-refractivity contribution < 1.29 is 13.9 Å². The van der Waals surface area contributed by atoms with E-state index in [9.17, 15) is 4.79 Å². The van der Waals surface area contributed by atoms with Gasteiger partial charge in [0.15, 0.2) is 5.58 Å². The highest BCUT2D eigenvalue weighted by Crippen LogP contribution is 2.29. The van der Waals surface area contributed by atoms with Crippen LogP contribution in [-0.2, 0) is 14.9 Å². The predicted octanol–water partition coefficient (Wildman–Crippen LogP) is 4.06. The van der Waals surface area contributed by atoms with Crippen LogP contribution >= 0.6 is 0 Å². The summed E-state index contributed by atoms with van der Waals surface area (Å²) < 4.78 is 11.2. The molecule has 0 aliphatic carbocycles. The first-order chi connectivity index (χ1) is 13.9. The molecule has 6 heteroatoms. The topological polar surface area (TPSA) is 67.6 Å². The molecule has 1 aromatic heterocycles. The molecular formula is C23H27N3O3. The molecule has 0 unspecified atom stereocenters. The van der Waals surface area contributed by atoms with Crippen molar-refractivity contribution in [2.45, 2.75) is 26.2 Å². The van der Waals surface area contributed by atoms with Crippen molar-refractivity contribution in [3.8, 4) is 11.5 Å². The molecule has 1 aliphatic rings. The van der Waals surface area contributed by atoms with Gasteiger partial charge in [0.05, 0.1) is 19.8 Å². The molecule has 0 radical (unpaired) electrons. The van der Waals surface area contributed by atoms with Gasteiger partial charge in [-0.25, -0.2) is 4.98 Å². The number of ether oxygens (including phenoxy) is 1. The van der Waals surface area contributed by atoms with Crippen molar-refractivity contribution in [3.05, 3.63) is 48.0 Å². The molecule has 1 amide bonds. The SMILES string of the molecule is CC(C)(C)c1ccc(-c2nc3cc(NC(=O)CN4CCOCC4)ccc3o2)cc1. The molecule has 29 heavy (non-hydrogen) atoms. The highest BCUT2D eigenvalue weighted by Gasteiger charge is 2.16. The van der Waals surface area contributed by atoms with Crippen LogP contribution in [0.1, 0.15) is 26.3 Å². The standard InChI is InChI=1S/C23H27N3O3/c1-23(2,3)17-6-4-16(5-7-17)22-25-19-14-18(8-9-20(19)29-22)24-21(27)15-26-10-12-28-13-11-26/h4-9,14H,10-13,15H2,1-3H3,(H,24,27). The zero-order valence-corrected chi connectivity index (χ0v) is 17.2. The van der Waals surface area contributed by atoms with Gasteiger partial charge in [0.1, 0.15) is 5.52 Å². The number of aromatic nitrogens is 1. The fourth-order valence-corrected chi connectivity index (χ4v) is 3.40. The highest BCUT2D eigenvalue weighted by atomic mass is 16.5. The zero-order chi connectivity index (χ0) is 20.4.